The van der Waals surface area contributed by atoms with Gasteiger partial charge in [-0.1, -0.05) is 6.92 Å². The van der Waals surface area contributed by atoms with Gasteiger partial charge in [0, 0.05) is 13.1 Å². The summed E-state index contributed by atoms with van der Waals surface area (Å²) in [5.74, 6) is -0.756. The second kappa shape index (κ2) is 4.75. The minimum Gasteiger partial charge on any atom is -0.480 e. The monoisotopic (exact) mass is 201 g/mol. The molecular weight excluding hydrogens is 182 g/mol. The predicted octanol–water partition coefficient (Wildman–Crippen LogP) is 0.959. The summed E-state index contributed by atoms with van der Waals surface area (Å²) in [6, 6.07) is -0.407. The van der Waals surface area contributed by atoms with Gasteiger partial charge in [0.2, 0.25) is 0 Å². The van der Waals surface area contributed by atoms with Gasteiger partial charge in [-0.05, 0) is 20.3 Å². The van der Waals surface area contributed by atoms with Gasteiger partial charge in [0.25, 0.3) is 0 Å². The molecule has 3 atom stereocenters. The van der Waals surface area contributed by atoms with Crippen molar-refractivity contribution < 1.29 is 14.6 Å². The lowest BCUT2D eigenvalue weighted by Crippen LogP contribution is -2.52. The van der Waals surface area contributed by atoms with Gasteiger partial charge in [0.1, 0.15) is 6.04 Å². The summed E-state index contributed by atoms with van der Waals surface area (Å²) < 4.78 is 5.66. The first-order chi connectivity index (χ1) is 6.54. The molecule has 1 N–H and O–H groups in total. The highest BCUT2D eigenvalue weighted by atomic mass is 16.5. The van der Waals surface area contributed by atoms with Gasteiger partial charge in [-0.3, -0.25) is 9.69 Å². The molecule has 0 radical (unpaired) electrons. The molecule has 0 saturated carbocycles. The minimum absolute atomic E-state index is 0.135. The van der Waals surface area contributed by atoms with E-state index in [2.05, 4.69) is 6.92 Å². The van der Waals surface area contributed by atoms with E-state index in [4.69, 9.17) is 9.84 Å². The van der Waals surface area contributed by atoms with Gasteiger partial charge in [-0.25, -0.2) is 0 Å². The summed E-state index contributed by atoms with van der Waals surface area (Å²) in [6.07, 6.45) is 1.25. The van der Waals surface area contributed by atoms with Gasteiger partial charge >= 0.3 is 5.97 Å². The Hall–Kier alpha value is -0.610. The highest BCUT2D eigenvalue weighted by Gasteiger charge is 2.29. The fourth-order valence-corrected chi connectivity index (χ4v) is 1.78. The van der Waals surface area contributed by atoms with Crippen molar-refractivity contribution >= 4 is 5.97 Å². The third kappa shape index (κ3) is 2.69. The summed E-state index contributed by atoms with van der Waals surface area (Å²) in [5, 5.41) is 8.90. The summed E-state index contributed by atoms with van der Waals surface area (Å²) in [5.41, 5.74) is 0. The molecule has 1 aliphatic heterocycles. The molecule has 1 aliphatic rings. The molecule has 1 saturated heterocycles. The Morgan fingerprint density at radius 1 is 1.64 bits per heavy atom. The quantitative estimate of drug-likeness (QED) is 0.739. The Morgan fingerprint density at radius 2 is 2.29 bits per heavy atom. The van der Waals surface area contributed by atoms with Crippen LogP contribution in [-0.4, -0.2) is 47.3 Å². The molecule has 0 aromatic carbocycles. The molecular formula is C10H19NO3. The molecule has 0 spiro atoms. The Balaban J connectivity index is 2.56. The molecule has 4 nitrogen and oxygen atoms in total. The number of hydrogen-bond acceptors (Lipinski definition) is 3. The highest BCUT2D eigenvalue weighted by molar-refractivity contribution is 5.72. The average Bonchev–Trinajstić information content (AvgIpc) is 2.15. The zero-order valence-electron chi connectivity index (χ0n) is 9.06. The van der Waals surface area contributed by atoms with Gasteiger partial charge in [0.05, 0.1) is 12.2 Å². The van der Waals surface area contributed by atoms with Crippen LogP contribution < -0.4 is 0 Å². The van der Waals surface area contributed by atoms with Gasteiger partial charge in [-0.15, -0.1) is 0 Å². The van der Waals surface area contributed by atoms with Crippen LogP contribution in [-0.2, 0) is 9.53 Å². The van der Waals surface area contributed by atoms with Gasteiger partial charge in [0.15, 0.2) is 0 Å². The summed E-state index contributed by atoms with van der Waals surface area (Å²) in [7, 11) is 0. The smallest absolute Gasteiger partial charge is 0.320 e. The van der Waals surface area contributed by atoms with E-state index in [0.717, 1.165) is 13.0 Å². The second-order valence-electron chi connectivity index (χ2n) is 3.95. The number of nitrogens with zero attached hydrogens (tertiary/aromatic N) is 1. The van der Waals surface area contributed by atoms with E-state index in [-0.39, 0.29) is 12.2 Å². The van der Waals surface area contributed by atoms with Crippen molar-refractivity contribution in [3.63, 3.8) is 0 Å². The van der Waals surface area contributed by atoms with Gasteiger partial charge in [-0.2, -0.15) is 0 Å². The first-order valence-electron chi connectivity index (χ1n) is 5.17. The van der Waals surface area contributed by atoms with E-state index >= 15 is 0 Å². The summed E-state index contributed by atoms with van der Waals surface area (Å²) in [4.78, 5) is 12.8. The lowest BCUT2D eigenvalue weighted by molar-refractivity contribution is -0.148. The maximum Gasteiger partial charge on any atom is 0.320 e. The van der Waals surface area contributed by atoms with Crippen molar-refractivity contribution in [2.75, 3.05) is 13.1 Å². The molecule has 0 bridgehead atoms. The normalized spacial score (nSPS) is 31.4. The first kappa shape index (κ1) is 11.5. The number of morpholine rings is 1. The highest BCUT2D eigenvalue weighted by Crippen LogP contribution is 2.15. The van der Waals surface area contributed by atoms with Crippen molar-refractivity contribution in [2.45, 2.75) is 45.4 Å². The van der Waals surface area contributed by atoms with Crippen molar-refractivity contribution in [1.29, 1.82) is 0 Å². The molecule has 0 aromatic rings. The molecule has 4 heteroatoms. The van der Waals surface area contributed by atoms with Crippen LogP contribution in [0.4, 0.5) is 0 Å². The molecule has 1 fully saturated rings. The summed E-state index contributed by atoms with van der Waals surface area (Å²) in [6.45, 7) is 7.22. The van der Waals surface area contributed by atoms with E-state index < -0.39 is 12.0 Å². The average molecular weight is 201 g/mol. The van der Waals surface area contributed by atoms with Crippen molar-refractivity contribution in [3.8, 4) is 0 Å². The van der Waals surface area contributed by atoms with Crippen LogP contribution in [0.2, 0.25) is 0 Å². The topological polar surface area (TPSA) is 49.8 Å². The molecule has 3 unspecified atom stereocenters. The number of ether oxygens (including phenoxy) is 1. The zero-order chi connectivity index (χ0) is 10.7. The zero-order valence-corrected chi connectivity index (χ0v) is 9.06. The van der Waals surface area contributed by atoms with Crippen LogP contribution in [0, 0.1) is 0 Å². The Kier molecular flexibility index (Phi) is 3.89. The first-order valence-corrected chi connectivity index (χ1v) is 5.17. The maximum atomic E-state index is 10.8. The number of carbonyl (C=O) groups is 1. The van der Waals surface area contributed by atoms with E-state index in [0.29, 0.717) is 6.54 Å². The van der Waals surface area contributed by atoms with Crippen molar-refractivity contribution in [3.05, 3.63) is 0 Å². The number of aliphatic carboxylic acids is 1. The van der Waals surface area contributed by atoms with Crippen molar-refractivity contribution in [2.24, 2.45) is 0 Å². The van der Waals surface area contributed by atoms with Crippen LogP contribution in [0.15, 0.2) is 0 Å². The number of carboxylic acids is 1. The molecule has 14 heavy (non-hydrogen) atoms. The maximum absolute atomic E-state index is 10.8. The van der Waals surface area contributed by atoms with E-state index in [1.54, 1.807) is 6.92 Å². The molecule has 1 rings (SSSR count). The number of hydrogen-bond donors (Lipinski definition) is 1. The van der Waals surface area contributed by atoms with Crippen LogP contribution in [0.25, 0.3) is 0 Å². The largest absolute Gasteiger partial charge is 0.480 e. The van der Waals surface area contributed by atoms with Crippen molar-refractivity contribution in [1.82, 2.24) is 4.90 Å². The van der Waals surface area contributed by atoms with Crippen LogP contribution in [0.3, 0.4) is 0 Å². The molecule has 0 aromatic heterocycles. The standard InChI is InChI=1S/C10H19NO3/c1-4-9-6-11(5-7(2)14-9)8(3)10(12)13/h7-9H,4-6H2,1-3H3,(H,12,13). The van der Waals surface area contributed by atoms with Crippen LogP contribution in [0.5, 0.6) is 0 Å². The van der Waals surface area contributed by atoms with Crippen LogP contribution in [0.1, 0.15) is 27.2 Å². The fraction of sp³-hybridized carbons (Fsp3) is 0.900. The molecule has 0 aliphatic carbocycles. The number of rotatable bonds is 3. The third-order valence-electron chi connectivity index (χ3n) is 2.71. The van der Waals surface area contributed by atoms with Gasteiger partial charge < -0.3 is 9.84 Å². The number of carboxylic acid groups (broad SMARTS) is 1. The van der Waals surface area contributed by atoms with Crippen LogP contribution >= 0.6 is 0 Å². The third-order valence-corrected chi connectivity index (χ3v) is 2.71. The van der Waals surface area contributed by atoms with E-state index in [1.807, 2.05) is 11.8 Å². The SMILES string of the molecule is CCC1CN(C(C)C(=O)O)CC(C)O1. The van der Waals surface area contributed by atoms with E-state index in [9.17, 15) is 4.79 Å². The van der Waals surface area contributed by atoms with E-state index in [1.165, 1.54) is 0 Å². The minimum atomic E-state index is -0.756. The Morgan fingerprint density at radius 3 is 2.79 bits per heavy atom. The second-order valence-corrected chi connectivity index (χ2v) is 3.95. The molecule has 0 amide bonds. The lowest BCUT2D eigenvalue weighted by atomic mass is 10.1. The summed E-state index contributed by atoms with van der Waals surface area (Å²) >= 11 is 0. The fourth-order valence-electron chi connectivity index (χ4n) is 1.78. The Bertz CT molecular complexity index is 208. The molecule has 82 valence electrons. The molecule has 1 heterocycles. The Labute approximate surface area is 84.8 Å². The lowest BCUT2D eigenvalue weighted by Gasteiger charge is -2.38. The predicted molar refractivity (Wildman–Crippen MR) is 53.3 cm³/mol.